The van der Waals surface area contributed by atoms with Gasteiger partial charge >= 0.3 is 0 Å². The number of benzene rings is 1. The van der Waals surface area contributed by atoms with Gasteiger partial charge in [0, 0.05) is 25.3 Å². The lowest BCUT2D eigenvalue weighted by molar-refractivity contribution is -0.0830. The van der Waals surface area contributed by atoms with Crippen molar-refractivity contribution < 1.29 is 9.47 Å². The van der Waals surface area contributed by atoms with Gasteiger partial charge < -0.3 is 14.8 Å². The molecule has 0 spiro atoms. The van der Waals surface area contributed by atoms with Crippen LogP contribution in [0.25, 0.3) is 0 Å². The highest BCUT2D eigenvalue weighted by Crippen LogP contribution is 2.37. The summed E-state index contributed by atoms with van der Waals surface area (Å²) in [5.41, 5.74) is 1.27. The number of hydrogen-bond acceptors (Lipinski definition) is 3. The van der Waals surface area contributed by atoms with Crippen molar-refractivity contribution in [1.82, 2.24) is 5.32 Å². The maximum absolute atomic E-state index is 6.43. The monoisotopic (exact) mass is 367 g/mol. The molecule has 0 radical (unpaired) electrons. The van der Waals surface area contributed by atoms with E-state index in [1.54, 1.807) is 7.11 Å². The van der Waals surface area contributed by atoms with Crippen molar-refractivity contribution in [2.45, 2.75) is 51.6 Å². The van der Waals surface area contributed by atoms with Crippen LogP contribution in [0.2, 0.25) is 5.02 Å². The van der Waals surface area contributed by atoms with Gasteiger partial charge in [-0.3, -0.25) is 0 Å². The molecule has 1 saturated heterocycles. The first kappa shape index (κ1) is 20.7. The number of hydrogen-bond donors (Lipinski definition) is 1. The van der Waals surface area contributed by atoms with E-state index in [4.69, 9.17) is 21.1 Å². The molecular formula is C21H34ClNO2. The van der Waals surface area contributed by atoms with Crippen molar-refractivity contribution in [2.75, 3.05) is 33.4 Å². The fourth-order valence-electron chi connectivity index (χ4n) is 3.89. The average molecular weight is 368 g/mol. The zero-order valence-electron chi connectivity index (χ0n) is 16.0. The van der Waals surface area contributed by atoms with Gasteiger partial charge in [-0.05, 0) is 82.5 Å². The lowest BCUT2D eigenvalue weighted by atomic mass is 9.75. The fourth-order valence-corrected chi connectivity index (χ4v) is 4.10. The minimum absolute atomic E-state index is 0.00641. The lowest BCUT2D eigenvalue weighted by Gasteiger charge is -2.39. The van der Waals surface area contributed by atoms with Gasteiger partial charge in [0.25, 0.3) is 0 Å². The quantitative estimate of drug-likeness (QED) is 0.607. The maximum atomic E-state index is 6.43. The van der Waals surface area contributed by atoms with Crippen LogP contribution in [0.3, 0.4) is 0 Å². The third kappa shape index (κ3) is 7.26. The Kier molecular flexibility index (Phi) is 8.71. The summed E-state index contributed by atoms with van der Waals surface area (Å²) in [5, 5.41) is 4.46. The Hall–Kier alpha value is -0.610. The standard InChI is InChI=1S/C21H34ClNO2/c1-21(2)16-19(10-14-25-21)17(9-12-23-11-6-13-24-3)15-18-7-4-5-8-20(18)22/h4-5,7-8,17,19,23H,6,9-16H2,1-3H3/t17-,19-/m0/s1. The second kappa shape index (κ2) is 10.5. The fraction of sp³-hybridized carbons (Fsp3) is 0.714. The molecule has 1 aliphatic heterocycles. The first-order valence-electron chi connectivity index (χ1n) is 9.59. The van der Waals surface area contributed by atoms with E-state index < -0.39 is 0 Å². The Morgan fingerprint density at radius 2 is 2.12 bits per heavy atom. The second-order valence-electron chi connectivity index (χ2n) is 7.80. The van der Waals surface area contributed by atoms with E-state index in [1.165, 1.54) is 12.0 Å². The van der Waals surface area contributed by atoms with E-state index >= 15 is 0 Å². The third-order valence-corrected chi connectivity index (χ3v) is 5.60. The first-order chi connectivity index (χ1) is 12.0. The van der Waals surface area contributed by atoms with Crippen molar-refractivity contribution in [1.29, 1.82) is 0 Å². The predicted molar refractivity (Wildman–Crippen MR) is 105 cm³/mol. The number of nitrogens with one attached hydrogen (secondary N) is 1. The van der Waals surface area contributed by atoms with Gasteiger partial charge in [0.2, 0.25) is 0 Å². The molecule has 1 fully saturated rings. The highest BCUT2D eigenvalue weighted by atomic mass is 35.5. The van der Waals surface area contributed by atoms with Crippen LogP contribution in [-0.4, -0.2) is 39.0 Å². The molecule has 1 aromatic rings. The highest BCUT2D eigenvalue weighted by Gasteiger charge is 2.33. The number of methoxy groups -OCH3 is 1. The van der Waals surface area contributed by atoms with E-state index in [0.717, 1.165) is 57.0 Å². The smallest absolute Gasteiger partial charge is 0.0629 e. The number of rotatable bonds is 10. The van der Waals surface area contributed by atoms with Crippen molar-refractivity contribution in [2.24, 2.45) is 11.8 Å². The van der Waals surface area contributed by atoms with Gasteiger partial charge in [0.15, 0.2) is 0 Å². The minimum Gasteiger partial charge on any atom is -0.385 e. The van der Waals surface area contributed by atoms with Crippen molar-refractivity contribution in [3.05, 3.63) is 34.9 Å². The van der Waals surface area contributed by atoms with Crippen molar-refractivity contribution in [3.8, 4) is 0 Å². The molecule has 142 valence electrons. The van der Waals surface area contributed by atoms with E-state index in [1.807, 2.05) is 12.1 Å². The zero-order valence-corrected chi connectivity index (χ0v) is 16.8. The Morgan fingerprint density at radius 1 is 1.32 bits per heavy atom. The van der Waals surface area contributed by atoms with Crippen molar-refractivity contribution >= 4 is 11.6 Å². The Morgan fingerprint density at radius 3 is 2.84 bits per heavy atom. The first-order valence-corrected chi connectivity index (χ1v) is 9.96. The minimum atomic E-state index is -0.00641. The van der Waals surface area contributed by atoms with Gasteiger partial charge in [-0.1, -0.05) is 29.8 Å². The molecule has 25 heavy (non-hydrogen) atoms. The number of ether oxygens (including phenoxy) is 2. The normalized spacial score (nSPS) is 21.2. The van der Waals surface area contributed by atoms with Crippen molar-refractivity contribution in [3.63, 3.8) is 0 Å². The SMILES string of the molecule is COCCCNCC[C@@H](Cc1ccccc1Cl)[C@H]1CCOC(C)(C)C1. The van der Waals surface area contributed by atoms with Crippen LogP contribution >= 0.6 is 11.6 Å². The molecule has 3 nitrogen and oxygen atoms in total. The maximum Gasteiger partial charge on any atom is 0.0629 e. The summed E-state index contributed by atoms with van der Waals surface area (Å²) >= 11 is 6.43. The molecule has 1 heterocycles. The molecule has 0 aliphatic carbocycles. The molecule has 1 N–H and O–H groups in total. The van der Waals surface area contributed by atoms with E-state index in [-0.39, 0.29) is 5.60 Å². The molecule has 1 aliphatic rings. The van der Waals surface area contributed by atoms with Crippen LogP contribution in [0.15, 0.2) is 24.3 Å². The molecule has 4 heteroatoms. The van der Waals surface area contributed by atoms with Crippen LogP contribution < -0.4 is 5.32 Å². The van der Waals surface area contributed by atoms with Crippen LogP contribution in [-0.2, 0) is 15.9 Å². The second-order valence-corrected chi connectivity index (χ2v) is 8.21. The summed E-state index contributed by atoms with van der Waals surface area (Å²) in [6.45, 7) is 8.20. The molecule has 2 rings (SSSR count). The van der Waals surface area contributed by atoms with Gasteiger partial charge in [0.1, 0.15) is 0 Å². The molecule has 0 bridgehead atoms. The molecule has 1 aromatic carbocycles. The summed E-state index contributed by atoms with van der Waals surface area (Å²) < 4.78 is 11.0. The highest BCUT2D eigenvalue weighted by molar-refractivity contribution is 6.31. The third-order valence-electron chi connectivity index (χ3n) is 5.24. The number of halogens is 1. The summed E-state index contributed by atoms with van der Waals surface area (Å²) in [7, 11) is 1.76. The molecule has 0 saturated carbocycles. The van der Waals surface area contributed by atoms with E-state index in [2.05, 4.69) is 31.3 Å². The molecule has 2 atom stereocenters. The molecule has 0 aromatic heterocycles. The summed E-state index contributed by atoms with van der Waals surface area (Å²) in [5.74, 6) is 1.33. The van der Waals surface area contributed by atoms with E-state index in [0.29, 0.717) is 11.8 Å². The average Bonchev–Trinajstić information content (AvgIpc) is 2.57. The zero-order chi connectivity index (χ0) is 18.1. The Labute approximate surface area is 158 Å². The van der Waals surface area contributed by atoms with Crippen LogP contribution in [0.1, 0.15) is 45.1 Å². The lowest BCUT2D eigenvalue weighted by Crippen LogP contribution is -2.38. The van der Waals surface area contributed by atoms with Gasteiger partial charge in [0.05, 0.1) is 5.60 Å². The topological polar surface area (TPSA) is 30.5 Å². The molecular weight excluding hydrogens is 334 g/mol. The van der Waals surface area contributed by atoms with Gasteiger partial charge in [-0.2, -0.15) is 0 Å². The van der Waals surface area contributed by atoms with Gasteiger partial charge in [-0.15, -0.1) is 0 Å². The van der Waals surface area contributed by atoms with Gasteiger partial charge in [-0.25, -0.2) is 0 Å². The Balaban J connectivity index is 1.94. The summed E-state index contributed by atoms with van der Waals surface area (Å²) in [6, 6.07) is 8.28. The predicted octanol–water partition coefficient (Wildman–Crippen LogP) is 4.72. The Bertz CT molecular complexity index is 506. The molecule has 0 amide bonds. The van der Waals surface area contributed by atoms with Crippen LogP contribution in [0, 0.1) is 11.8 Å². The van der Waals surface area contributed by atoms with Crippen LogP contribution in [0.4, 0.5) is 0 Å². The van der Waals surface area contributed by atoms with E-state index in [9.17, 15) is 0 Å². The summed E-state index contributed by atoms with van der Waals surface area (Å²) in [4.78, 5) is 0. The van der Waals surface area contributed by atoms with Crippen LogP contribution in [0.5, 0.6) is 0 Å². The summed E-state index contributed by atoms with van der Waals surface area (Å²) in [6.07, 6.45) is 5.59. The largest absolute Gasteiger partial charge is 0.385 e. The molecule has 0 unspecified atom stereocenters.